The van der Waals surface area contributed by atoms with E-state index in [2.05, 4.69) is 4.74 Å². The van der Waals surface area contributed by atoms with E-state index in [9.17, 15) is 22.8 Å². The van der Waals surface area contributed by atoms with E-state index in [1.807, 2.05) is 0 Å². The van der Waals surface area contributed by atoms with Crippen LogP contribution in [0.3, 0.4) is 0 Å². The molecular formula is C13H14F3N3O3. The Kier molecular flexibility index (Phi) is 4.43. The molecule has 1 saturated heterocycles. The Morgan fingerprint density at radius 3 is 2.32 bits per heavy atom. The third-order valence-electron chi connectivity index (χ3n) is 3.26. The molecule has 1 heterocycles. The molecule has 0 radical (unpaired) electrons. The van der Waals surface area contributed by atoms with Gasteiger partial charge in [-0.1, -0.05) is 6.07 Å². The van der Waals surface area contributed by atoms with E-state index in [4.69, 9.17) is 5.73 Å². The smallest absolute Gasteiger partial charge is 0.368 e. The van der Waals surface area contributed by atoms with Crippen molar-refractivity contribution >= 4 is 17.9 Å². The number of hydrogen-bond acceptors (Lipinski definition) is 4. The molecule has 0 atom stereocenters. The largest absolute Gasteiger partial charge is 0.418 e. The van der Waals surface area contributed by atoms with Crippen molar-refractivity contribution < 1.29 is 27.5 Å². The molecule has 1 aliphatic rings. The molecule has 0 aromatic heterocycles. The Hall–Kier alpha value is -2.45. The van der Waals surface area contributed by atoms with Crippen molar-refractivity contribution in [1.29, 1.82) is 0 Å². The molecule has 2 amide bonds. The SMILES string of the molecule is NC(=O)OC(=O)N1CCN(c2cccc(C(F)(F)F)c2)CC1. The number of carbonyl (C=O) groups excluding carboxylic acids is 2. The molecule has 2 N–H and O–H groups in total. The third-order valence-corrected chi connectivity index (χ3v) is 3.26. The van der Waals surface area contributed by atoms with Gasteiger partial charge in [0, 0.05) is 31.9 Å². The highest BCUT2D eigenvalue weighted by Gasteiger charge is 2.31. The average Bonchev–Trinajstić information content (AvgIpc) is 2.46. The predicted octanol–water partition coefficient (Wildman–Crippen LogP) is 2.04. The fourth-order valence-electron chi connectivity index (χ4n) is 2.18. The topological polar surface area (TPSA) is 75.9 Å². The average molecular weight is 317 g/mol. The number of alkyl halides is 3. The van der Waals surface area contributed by atoms with Gasteiger partial charge < -0.3 is 20.3 Å². The summed E-state index contributed by atoms with van der Waals surface area (Å²) in [6.07, 6.45) is -6.44. The zero-order chi connectivity index (χ0) is 16.3. The monoisotopic (exact) mass is 317 g/mol. The van der Waals surface area contributed by atoms with Crippen LogP contribution in [-0.2, 0) is 10.9 Å². The minimum atomic E-state index is -4.40. The first-order valence-corrected chi connectivity index (χ1v) is 6.46. The Bertz CT molecular complexity index is 569. The molecule has 1 aromatic carbocycles. The van der Waals surface area contributed by atoms with Gasteiger partial charge >= 0.3 is 18.4 Å². The number of halogens is 3. The first-order chi connectivity index (χ1) is 10.3. The number of nitrogens with zero attached hydrogens (tertiary/aromatic N) is 2. The van der Waals surface area contributed by atoms with Crippen LogP contribution in [0.4, 0.5) is 28.4 Å². The zero-order valence-corrected chi connectivity index (χ0v) is 11.5. The lowest BCUT2D eigenvalue weighted by atomic mass is 10.1. The van der Waals surface area contributed by atoms with E-state index in [1.54, 1.807) is 11.0 Å². The predicted molar refractivity (Wildman–Crippen MR) is 71.3 cm³/mol. The number of amides is 2. The molecule has 0 unspecified atom stereocenters. The fourth-order valence-corrected chi connectivity index (χ4v) is 2.18. The van der Waals surface area contributed by atoms with Gasteiger partial charge in [-0.15, -0.1) is 0 Å². The second-order valence-electron chi connectivity index (χ2n) is 4.71. The lowest BCUT2D eigenvalue weighted by Crippen LogP contribution is -2.49. The third kappa shape index (κ3) is 3.80. The number of ether oxygens (including phenoxy) is 1. The van der Waals surface area contributed by atoms with E-state index in [0.717, 1.165) is 12.1 Å². The summed E-state index contributed by atoms with van der Waals surface area (Å²) in [6.45, 7) is 1.11. The van der Waals surface area contributed by atoms with Gasteiger partial charge in [-0.2, -0.15) is 13.2 Å². The molecule has 9 heteroatoms. The first-order valence-electron chi connectivity index (χ1n) is 6.46. The van der Waals surface area contributed by atoms with Crippen molar-refractivity contribution in [3.63, 3.8) is 0 Å². The van der Waals surface area contributed by atoms with Gasteiger partial charge in [0.2, 0.25) is 0 Å². The minimum Gasteiger partial charge on any atom is -0.368 e. The highest BCUT2D eigenvalue weighted by Crippen LogP contribution is 2.31. The van der Waals surface area contributed by atoms with Gasteiger partial charge in [-0.3, -0.25) is 0 Å². The molecular weight excluding hydrogens is 303 g/mol. The summed E-state index contributed by atoms with van der Waals surface area (Å²) >= 11 is 0. The summed E-state index contributed by atoms with van der Waals surface area (Å²) in [5, 5.41) is 0. The quantitative estimate of drug-likeness (QED) is 0.804. The number of nitrogens with two attached hydrogens (primary N) is 1. The molecule has 0 aliphatic carbocycles. The van der Waals surface area contributed by atoms with Crippen LogP contribution in [-0.4, -0.2) is 43.3 Å². The van der Waals surface area contributed by atoms with E-state index < -0.39 is 23.9 Å². The van der Waals surface area contributed by atoms with E-state index in [-0.39, 0.29) is 13.1 Å². The Morgan fingerprint density at radius 2 is 1.77 bits per heavy atom. The summed E-state index contributed by atoms with van der Waals surface area (Å²) in [6, 6.07) is 4.99. The van der Waals surface area contributed by atoms with Crippen molar-refractivity contribution in [2.45, 2.75) is 6.18 Å². The number of anilines is 1. The summed E-state index contributed by atoms with van der Waals surface area (Å²) in [4.78, 5) is 25.0. The van der Waals surface area contributed by atoms with Gasteiger partial charge in [-0.05, 0) is 18.2 Å². The van der Waals surface area contributed by atoms with Crippen LogP contribution in [0.15, 0.2) is 24.3 Å². The number of hydrogen-bond donors (Lipinski definition) is 1. The molecule has 0 saturated carbocycles. The van der Waals surface area contributed by atoms with Crippen molar-refractivity contribution in [1.82, 2.24) is 4.90 Å². The normalized spacial score (nSPS) is 15.6. The number of benzene rings is 1. The fraction of sp³-hybridized carbons (Fsp3) is 0.385. The number of carbonyl (C=O) groups is 2. The summed E-state index contributed by atoms with van der Waals surface area (Å²) in [5.74, 6) is 0. The maximum Gasteiger partial charge on any atom is 0.418 e. The Balaban J connectivity index is 2.00. The highest BCUT2D eigenvalue weighted by atomic mass is 19.4. The maximum atomic E-state index is 12.7. The molecule has 22 heavy (non-hydrogen) atoms. The van der Waals surface area contributed by atoms with Crippen LogP contribution in [0.25, 0.3) is 0 Å². The second-order valence-corrected chi connectivity index (χ2v) is 4.71. The van der Waals surface area contributed by atoms with Crippen molar-refractivity contribution in [3.8, 4) is 0 Å². The lowest BCUT2D eigenvalue weighted by Gasteiger charge is -2.35. The van der Waals surface area contributed by atoms with Gasteiger partial charge in [0.25, 0.3) is 0 Å². The number of primary amides is 1. The van der Waals surface area contributed by atoms with Crippen LogP contribution in [0, 0.1) is 0 Å². The molecule has 1 aromatic rings. The van der Waals surface area contributed by atoms with Crippen molar-refractivity contribution in [2.75, 3.05) is 31.1 Å². The molecule has 120 valence electrons. The lowest BCUT2D eigenvalue weighted by molar-refractivity contribution is -0.137. The second kappa shape index (κ2) is 6.12. The summed E-state index contributed by atoms with van der Waals surface area (Å²) in [7, 11) is 0. The molecule has 0 bridgehead atoms. The van der Waals surface area contributed by atoms with Gasteiger partial charge in [-0.25, -0.2) is 9.59 Å². The maximum absolute atomic E-state index is 12.7. The molecule has 2 rings (SSSR count). The summed E-state index contributed by atoms with van der Waals surface area (Å²) in [5.41, 5.74) is 4.46. The van der Waals surface area contributed by atoms with Crippen LogP contribution >= 0.6 is 0 Å². The van der Waals surface area contributed by atoms with Crippen LogP contribution in [0.5, 0.6) is 0 Å². The molecule has 1 aliphatic heterocycles. The van der Waals surface area contributed by atoms with Crippen LogP contribution < -0.4 is 10.6 Å². The number of rotatable bonds is 1. The first kappa shape index (κ1) is 15.9. The van der Waals surface area contributed by atoms with Gasteiger partial charge in [0.15, 0.2) is 0 Å². The van der Waals surface area contributed by atoms with E-state index >= 15 is 0 Å². The highest BCUT2D eigenvalue weighted by molar-refractivity contribution is 5.82. The van der Waals surface area contributed by atoms with E-state index in [0.29, 0.717) is 18.8 Å². The Labute approximate surface area is 124 Å². The number of piperazine rings is 1. The molecule has 6 nitrogen and oxygen atoms in total. The van der Waals surface area contributed by atoms with Gasteiger partial charge in [0.1, 0.15) is 0 Å². The minimum absolute atomic E-state index is 0.225. The zero-order valence-electron chi connectivity index (χ0n) is 11.5. The molecule has 0 spiro atoms. The Morgan fingerprint density at radius 1 is 1.14 bits per heavy atom. The van der Waals surface area contributed by atoms with Crippen molar-refractivity contribution in [2.24, 2.45) is 5.73 Å². The summed E-state index contributed by atoms with van der Waals surface area (Å²) < 4.78 is 42.3. The van der Waals surface area contributed by atoms with Crippen LogP contribution in [0.2, 0.25) is 0 Å². The van der Waals surface area contributed by atoms with E-state index in [1.165, 1.54) is 11.0 Å². The standard InChI is InChI=1S/C13H14F3N3O3/c14-13(15,16)9-2-1-3-10(8-9)18-4-6-19(7-5-18)12(21)22-11(17)20/h1-3,8H,4-7H2,(H2,17,20). The van der Waals surface area contributed by atoms with Crippen molar-refractivity contribution in [3.05, 3.63) is 29.8 Å². The molecule has 1 fully saturated rings. The van der Waals surface area contributed by atoms with Crippen LogP contribution in [0.1, 0.15) is 5.56 Å². The van der Waals surface area contributed by atoms with Gasteiger partial charge in [0.05, 0.1) is 5.56 Å².